The highest BCUT2D eigenvalue weighted by atomic mass is 32.5. The van der Waals surface area contributed by atoms with E-state index in [4.69, 9.17) is 20.9 Å². The second kappa shape index (κ2) is 8.65. The SMILES string of the molecule is CC(C)=CCCC(C)CCOP1(=S)N[C@@H](C(C)C)CO1. The van der Waals surface area contributed by atoms with E-state index >= 15 is 0 Å². The Kier molecular flexibility index (Phi) is 7.92. The van der Waals surface area contributed by atoms with Crippen molar-refractivity contribution in [3.63, 3.8) is 0 Å². The molecule has 0 bridgehead atoms. The van der Waals surface area contributed by atoms with E-state index in [2.05, 4.69) is 45.8 Å². The number of rotatable bonds is 8. The Bertz CT molecular complexity index is 367. The van der Waals surface area contributed by atoms with Crippen molar-refractivity contribution in [2.45, 2.75) is 59.9 Å². The Morgan fingerprint density at radius 2 is 2.10 bits per heavy atom. The van der Waals surface area contributed by atoms with Gasteiger partial charge in [-0.1, -0.05) is 32.4 Å². The first kappa shape index (κ1) is 18.3. The maximum absolute atomic E-state index is 5.85. The molecular formula is C15H30NO2PS. The number of hydrogen-bond donors (Lipinski definition) is 1. The van der Waals surface area contributed by atoms with Gasteiger partial charge >= 0.3 is 0 Å². The van der Waals surface area contributed by atoms with Gasteiger partial charge in [0.05, 0.1) is 13.2 Å². The fourth-order valence-corrected chi connectivity index (χ4v) is 4.56. The van der Waals surface area contributed by atoms with Crippen LogP contribution in [0.2, 0.25) is 0 Å². The van der Waals surface area contributed by atoms with Crippen LogP contribution in [0.5, 0.6) is 0 Å². The van der Waals surface area contributed by atoms with Crippen molar-refractivity contribution in [3.8, 4) is 0 Å². The van der Waals surface area contributed by atoms with Gasteiger partial charge in [-0.05, 0) is 56.8 Å². The third-order valence-electron chi connectivity index (χ3n) is 3.64. The Morgan fingerprint density at radius 1 is 1.40 bits per heavy atom. The minimum atomic E-state index is -2.21. The van der Waals surface area contributed by atoms with Gasteiger partial charge in [-0.15, -0.1) is 0 Å². The van der Waals surface area contributed by atoms with Crippen molar-refractivity contribution in [2.75, 3.05) is 13.2 Å². The van der Waals surface area contributed by atoms with E-state index in [0.717, 1.165) is 12.8 Å². The molecule has 1 fully saturated rings. The second-order valence-corrected chi connectivity index (χ2v) is 9.57. The fourth-order valence-electron chi connectivity index (χ4n) is 2.05. The average Bonchev–Trinajstić information content (AvgIpc) is 2.72. The lowest BCUT2D eigenvalue weighted by atomic mass is 10.0. The van der Waals surface area contributed by atoms with E-state index in [9.17, 15) is 0 Å². The summed E-state index contributed by atoms with van der Waals surface area (Å²) in [4.78, 5) is 0. The molecule has 0 spiro atoms. The van der Waals surface area contributed by atoms with Crippen LogP contribution < -0.4 is 5.09 Å². The Balaban J connectivity index is 2.20. The van der Waals surface area contributed by atoms with Crippen molar-refractivity contribution < 1.29 is 9.05 Å². The summed E-state index contributed by atoms with van der Waals surface area (Å²) in [7, 11) is 0. The molecule has 0 aromatic carbocycles. The predicted octanol–water partition coefficient (Wildman–Crippen LogP) is 4.64. The van der Waals surface area contributed by atoms with Crippen LogP contribution in [0.3, 0.4) is 0 Å². The lowest BCUT2D eigenvalue weighted by Crippen LogP contribution is -2.27. The van der Waals surface area contributed by atoms with Crippen molar-refractivity contribution in [2.24, 2.45) is 11.8 Å². The van der Waals surface area contributed by atoms with Crippen LogP contribution in [-0.4, -0.2) is 19.3 Å². The minimum absolute atomic E-state index is 0.343. The molecule has 1 rings (SSSR count). The predicted molar refractivity (Wildman–Crippen MR) is 90.4 cm³/mol. The summed E-state index contributed by atoms with van der Waals surface area (Å²) in [5.41, 5.74) is 1.40. The van der Waals surface area contributed by atoms with Crippen LogP contribution >= 0.6 is 6.64 Å². The van der Waals surface area contributed by atoms with Crippen LogP contribution in [0.15, 0.2) is 11.6 Å². The van der Waals surface area contributed by atoms with Gasteiger partial charge in [0.1, 0.15) is 0 Å². The zero-order valence-electron chi connectivity index (χ0n) is 13.5. The standard InChI is InChI=1S/C15H30NO2PS/c1-12(2)7-6-8-14(5)9-10-17-19(20)16-15(11-18-19)13(3)4/h7,13-15H,6,8-11H2,1-5H3,(H,16,20)/t14?,15-,19?/m1/s1. The number of hydrogen-bond acceptors (Lipinski definition) is 3. The van der Waals surface area contributed by atoms with Crippen molar-refractivity contribution in [1.82, 2.24) is 5.09 Å². The van der Waals surface area contributed by atoms with Crippen molar-refractivity contribution >= 4 is 18.4 Å². The van der Waals surface area contributed by atoms with Crippen LogP contribution in [0.4, 0.5) is 0 Å². The molecule has 0 radical (unpaired) electrons. The van der Waals surface area contributed by atoms with E-state index in [1.54, 1.807) is 0 Å². The summed E-state index contributed by atoms with van der Waals surface area (Å²) < 4.78 is 11.5. The molecule has 5 heteroatoms. The first-order valence-corrected chi connectivity index (χ1v) is 10.3. The van der Waals surface area contributed by atoms with E-state index in [-0.39, 0.29) is 0 Å². The highest BCUT2D eigenvalue weighted by Crippen LogP contribution is 2.49. The molecule has 1 saturated heterocycles. The van der Waals surface area contributed by atoms with Crippen molar-refractivity contribution in [3.05, 3.63) is 11.6 Å². The molecule has 1 heterocycles. The maximum atomic E-state index is 5.85. The molecular weight excluding hydrogens is 289 g/mol. The molecule has 0 aromatic rings. The summed E-state index contributed by atoms with van der Waals surface area (Å²) in [5, 5.41) is 3.37. The van der Waals surface area contributed by atoms with E-state index < -0.39 is 6.64 Å². The van der Waals surface area contributed by atoms with Crippen LogP contribution in [-0.2, 0) is 20.9 Å². The summed E-state index contributed by atoms with van der Waals surface area (Å²) in [5.74, 6) is 1.20. The molecule has 20 heavy (non-hydrogen) atoms. The summed E-state index contributed by atoms with van der Waals surface area (Å²) >= 11 is 5.48. The van der Waals surface area contributed by atoms with E-state index in [1.807, 2.05) is 0 Å². The second-order valence-electron chi connectivity index (χ2n) is 6.36. The van der Waals surface area contributed by atoms with Gasteiger partial charge in [-0.25, -0.2) is 5.09 Å². The minimum Gasteiger partial charge on any atom is -0.318 e. The molecule has 3 nitrogen and oxygen atoms in total. The summed E-state index contributed by atoms with van der Waals surface area (Å²) in [6.45, 7) is 10.1. The smallest absolute Gasteiger partial charge is 0.261 e. The van der Waals surface area contributed by atoms with E-state index in [1.165, 1.54) is 12.0 Å². The lowest BCUT2D eigenvalue weighted by Gasteiger charge is -2.19. The lowest BCUT2D eigenvalue weighted by molar-refractivity contribution is 0.245. The highest BCUT2D eigenvalue weighted by Gasteiger charge is 2.33. The fraction of sp³-hybridized carbons (Fsp3) is 0.867. The first-order valence-electron chi connectivity index (χ1n) is 7.62. The Labute approximate surface area is 129 Å². The van der Waals surface area contributed by atoms with Gasteiger partial charge in [-0.3, -0.25) is 0 Å². The molecule has 1 N–H and O–H groups in total. The summed E-state index contributed by atoms with van der Waals surface area (Å²) in [6.07, 6.45) is 5.71. The molecule has 118 valence electrons. The first-order chi connectivity index (χ1) is 9.32. The quantitative estimate of drug-likeness (QED) is 0.521. The van der Waals surface area contributed by atoms with Crippen LogP contribution in [0, 0.1) is 11.8 Å². The molecule has 1 aliphatic heterocycles. The molecule has 0 aromatic heterocycles. The van der Waals surface area contributed by atoms with Gasteiger partial charge in [0.15, 0.2) is 0 Å². The largest absolute Gasteiger partial charge is 0.318 e. The van der Waals surface area contributed by atoms with Gasteiger partial charge in [0, 0.05) is 6.04 Å². The third kappa shape index (κ3) is 6.82. The molecule has 0 saturated carbocycles. The zero-order valence-corrected chi connectivity index (χ0v) is 15.2. The van der Waals surface area contributed by atoms with Gasteiger partial charge in [-0.2, -0.15) is 0 Å². The molecule has 3 atom stereocenters. The van der Waals surface area contributed by atoms with E-state index in [0.29, 0.717) is 31.1 Å². The highest BCUT2D eigenvalue weighted by molar-refractivity contribution is 8.09. The maximum Gasteiger partial charge on any atom is 0.261 e. The Hall–Kier alpha value is 0.270. The summed E-state index contributed by atoms with van der Waals surface area (Å²) in [6, 6.07) is 0.343. The monoisotopic (exact) mass is 319 g/mol. The van der Waals surface area contributed by atoms with Gasteiger partial charge in [0.25, 0.3) is 6.64 Å². The third-order valence-corrected chi connectivity index (χ3v) is 6.24. The van der Waals surface area contributed by atoms with Crippen LogP contribution in [0.25, 0.3) is 0 Å². The normalized spacial score (nSPS) is 27.8. The van der Waals surface area contributed by atoms with Gasteiger partial charge in [0.2, 0.25) is 0 Å². The number of allylic oxidation sites excluding steroid dienone is 2. The van der Waals surface area contributed by atoms with Crippen molar-refractivity contribution in [1.29, 1.82) is 0 Å². The topological polar surface area (TPSA) is 30.5 Å². The Morgan fingerprint density at radius 3 is 2.65 bits per heavy atom. The average molecular weight is 319 g/mol. The molecule has 0 aliphatic carbocycles. The zero-order chi connectivity index (χ0) is 15.2. The molecule has 1 aliphatic rings. The molecule has 2 unspecified atom stereocenters. The number of nitrogens with one attached hydrogen (secondary N) is 1. The molecule has 0 amide bonds. The van der Waals surface area contributed by atoms with Gasteiger partial charge < -0.3 is 9.05 Å². The van der Waals surface area contributed by atoms with Crippen LogP contribution in [0.1, 0.15) is 53.9 Å².